The molecule has 0 saturated carbocycles. The van der Waals surface area contributed by atoms with Crippen molar-refractivity contribution >= 4 is 34.8 Å². The van der Waals surface area contributed by atoms with E-state index in [9.17, 15) is 14.4 Å². The molecule has 0 fully saturated rings. The molecule has 150 valence electrons. The van der Waals surface area contributed by atoms with Crippen LogP contribution < -0.4 is 10.6 Å². The van der Waals surface area contributed by atoms with Crippen LogP contribution in [0.2, 0.25) is 0 Å². The zero-order valence-corrected chi connectivity index (χ0v) is 16.7. The molecule has 2 heterocycles. The highest BCUT2D eigenvalue weighted by molar-refractivity contribution is 7.10. The second-order valence-electron chi connectivity index (χ2n) is 6.28. The van der Waals surface area contributed by atoms with Crippen molar-refractivity contribution in [2.24, 2.45) is 0 Å². The number of anilines is 1. The van der Waals surface area contributed by atoms with Gasteiger partial charge >= 0.3 is 5.97 Å². The van der Waals surface area contributed by atoms with Crippen LogP contribution in [-0.4, -0.2) is 24.9 Å². The maximum atomic E-state index is 12.8. The van der Waals surface area contributed by atoms with E-state index < -0.39 is 17.9 Å². The van der Waals surface area contributed by atoms with Crippen LogP contribution in [0.4, 0.5) is 5.69 Å². The summed E-state index contributed by atoms with van der Waals surface area (Å²) in [6.45, 7) is 1.82. The van der Waals surface area contributed by atoms with Gasteiger partial charge < -0.3 is 19.8 Å². The second kappa shape index (κ2) is 9.20. The molecule has 1 atom stereocenters. The highest BCUT2D eigenvalue weighted by Gasteiger charge is 2.21. The fourth-order valence-corrected chi connectivity index (χ4v) is 3.47. The van der Waals surface area contributed by atoms with Crippen LogP contribution in [0, 0.1) is 6.92 Å². The Labute approximate surface area is 171 Å². The molecule has 3 aromatic rings. The lowest BCUT2D eigenvalue weighted by Gasteiger charge is -2.17. The molecule has 2 N–H and O–H groups in total. The fourth-order valence-electron chi connectivity index (χ4n) is 2.69. The van der Waals surface area contributed by atoms with Gasteiger partial charge in [-0.25, -0.2) is 0 Å². The maximum absolute atomic E-state index is 12.8. The van der Waals surface area contributed by atoms with E-state index in [4.69, 9.17) is 9.15 Å². The summed E-state index contributed by atoms with van der Waals surface area (Å²) in [5.74, 6) is -1.01. The van der Waals surface area contributed by atoms with Gasteiger partial charge in [0.1, 0.15) is 0 Å². The lowest BCUT2D eigenvalue weighted by atomic mass is 10.1. The second-order valence-corrected chi connectivity index (χ2v) is 7.26. The molecular formula is C21H20N2O5S. The molecule has 1 aromatic carbocycles. The first kappa shape index (κ1) is 20.3. The predicted molar refractivity (Wildman–Crippen MR) is 109 cm³/mol. The van der Waals surface area contributed by atoms with E-state index in [1.165, 1.54) is 24.7 Å². The first-order chi connectivity index (χ1) is 14.0. The van der Waals surface area contributed by atoms with E-state index in [1.807, 2.05) is 24.4 Å². The van der Waals surface area contributed by atoms with Crippen LogP contribution in [0.25, 0.3) is 0 Å². The van der Waals surface area contributed by atoms with Crippen LogP contribution in [0.15, 0.2) is 58.5 Å². The third kappa shape index (κ3) is 5.11. The number of ether oxygens (including phenoxy) is 1. The quantitative estimate of drug-likeness (QED) is 0.573. The van der Waals surface area contributed by atoms with Crippen LogP contribution >= 0.6 is 11.3 Å². The molecule has 0 aliphatic carbocycles. The molecule has 0 bridgehead atoms. The zero-order chi connectivity index (χ0) is 20.8. The molecular weight excluding hydrogens is 392 g/mol. The van der Waals surface area contributed by atoms with Crippen molar-refractivity contribution in [2.45, 2.75) is 19.4 Å². The molecule has 2 aromatic heterocycles. The maximum Gasteiger partial charge on any atom is 0.307 e. The summed E-state index contributed by atoms with van der Waals surface area (Å²) in [4.78, 5) is 37.6. The average Bonchev–Trinajstić information content (AvgIpc) is 3.43. The van der Waals surface area contributed by atoms with Crippen LogP contribution in [0.3, 0.4) is 0 Å². The number of hydrogen-bond acceptors (Lipinski definition) is 6. The van der Waals surface area contributed by atoms with E-state index in [1.54, 1.807) is 30.3 Å². The van der Waals surface area contributed by atoms with Gasteiger partial charge in [-0.1, -0.05) is 12.1 Å². The Balaban J connectivity index is 1.77. The lowest BCUT2D eigenvalue weighted by molar-refractivity contribution is -0.141. The topological polar surface area (TPSA) is 97.6 Å². The monoisotopic (exact) mass is 412 g/mol. The first-order valence-electron chi connectivity index (χ1n) is 8.84. The number of rotatable bonds is 7. The van der Waals surface area contributed by atoms with Gasteiger partial charge in [0.2, 0.25) is 0 Å². The van der Waals surface area contributed by atoms with Gasteiger partial charge in [-0.05, 0) is 48.2 Å². The standard InChI is InChI=1S/C21H20N2O5S/c1-13-7-8-14(11-15(13)22-21(26)17-5-3-9-28-17)20(25)23-16(12-19(24)27-2)18-6-4-10-29-18/h3-11,16H,12H2,1-2H3,(H,22,26)(H,23,25). The molecule has 0 aliphatic heterocycles. The van der Waals surface area contributed by atoms with Gasteiger partial charge in [0, 0.05) is 16.1 Å². The Kier molecular flexibility index (Phi) is 6.46. The summed E-state index contributed by atoms with van der Waals surface area (Å²) in [7, 11) is 1.31. The SMILES string of the molecule is COC(=O)CC(NC(=O)c1ccc(C)c(NC(=O)c2ccco2)c1)c1cccs1. The average molecular weight is 412 g/mol. The Morgan fingerprint density at radius 2 is 1.97 bits per heavy atom. The third-order valence-corrected chi connectivity index (χ3v) is 5.27. The normalized spacial score (nSPS) is 11.5. The summed E-state index contributed by atoms with van der Waals surface area (Å²) >= 11 is 1.44. The van der Waals surface area contributed by atoms with Crippen molar-refractivity contribution in [1.82, 2.24) is 5.32 Å². The molecule has 0 saturated heterocycles. The van der Waals surface area contributed by atoms with Crippen molar-refractivity contribution in [3.05, 3.63) is 75.9 Å². The number of thiophene rings is 1. The van der Waals surface area contributed by atoms with Crippen molar-refractivity contribution in [1.29, 1.82) is 0 Å². The molecule has 2 amide bonds. The molecule has 0 aliphatic rings. The number of hydrogen-bond donors (Lipinski definition) is 2. The smallest absolute Gasteiger partial charge is 0.307 e. The highest BCUT2D eigenvalue weighted by Crippen LogP contribution is 2.24. The minimum atomic E-state index is -0.502. The van der Waals surface area contributed by atoms with E-state index in [2.05, 4.69) is 10.6 Å². The van der Waals surface area contributed by atoms with Crippen LogP contribution in [0.1, 0.15) is 43.8 Å². The molecule has 29 heavy (non-hydrogen) atoms. The summed E-state index contributed by atoms with van der Waals surface area (Å²) in [6.07, 6.45) is 1.44. The molecule has 7 nitrogen and oxygen atoms in total. The summed E-state index contributed by atoms with van der Waals surface area (Å²) < 4.78 is 9.83. The summed E-state index contributed by atoms with van der Waals surface area (Å²) in [6, 6.07) is 11.4. The van der Waals surface area contributed by atoms with Crippen molar-refractivity contribution in [3.8, 4) is 0 Å². The minimum Gasteiger partial charge on any atom is -0.469 e. The number of benzene rings is 1. The van der Waals surface area contributed by atoms with Gasteiger partial charge in [-0.2, -0.15) is 0 Å². The number of esters is 1. The number of amides is 2. The first-order valence-corrected chi connectivity index (χ1v) is 9.72. The van der Waals surface area contributed by atoms with Gasteiger partial charge in [0.15, 0.2) is 5.76 Å². The Morgan fingerprint density at radius 1 is 1.14 bits per heavy atom. The summed E-state index contributed by atoms with van der Waals surface area (Å²) in [5.41, 5.74) is 1.65. The molecule has 1 unspecified atom stereocenters. The highest BCUT2D eigenvalue weighted by atomic mass is 32.1. The fraction of sp³-hybridized carbons (Fsp3) is 0.190. The number of aryl methyl sites for hydroxylation is 1. The van der Waals surface area contributed by atoms with Gasteiger partial charge in [-0.15, -0.1) is 11.3 Å². The van der Waals surface area contributed by atoms with Crippen LogP contribution in [-0.2, 0) is 9.53 Å². The van der Waals surface area contributed by atoms with E-state index in [-0.39, 0.29) is 18.1 Å². The van der Waals surface area contributed by atoms with Crippen molar-refractivity contribution in [2.75, 3.05) is 12.4 Å². The van der Waals surface area contributed by atoms with E-state index in [0.717, 1.165) is 10.4 Å². The molecule has 0 spiro atoms. The lowest BCUT2D eigenvalue weighted by Crippen LogP contribution is -2.30. The Hall–Kier alpha value is -3.39. The predicted octanol–water partition coefficient (Wildman–Crippen LogP) is 3.94. The Morgan fingerprint density at radius 3 is 2.62 bits per heavy atom. The van der Waals surface area contributed by atoms with Crippen molar-refractivity contribution < 1.29 is 23.5 Å². The number of nitrogens with one attached hydrogen (secondary N) is 2. The third-order valence-electron chi connectivity index (χ3n) is 4.28. The number of furan rings is 1. The van der Waals surface area contributed by atoms with Gasteiger partial charge in [0.25, 0.3) is 11.8 Å². The van der Waals surface area contributed by atoms with Gasteiger partial charge in [0.05, 0.1) is 25.8 Å². The van der Waals surface area contributed by atoms with E-state index >= 15 is 0 Å². The van der Waals surface area contributed by atoms with E-state index in [0.29, 0.717) is 11.3 Å². The number of methoxy groups -OCH3 is 1. The molecule has 3 rings (SSSR count). The molecule has 0 radical (unpaired) electrons. The largest absolute Gasteiger partial charge is 0.469 e. The van der Waals surface area contributed by atoms with Gasteiger partial charge in [-0.3, -0.25) is 14.4 Å². The number of carbonyl (C=O) groups is 3. The van der Waals surface area contributed by atoms with Crippen LogP contribution in [0.5, 0.6) is 0 Å². The summed E-state index contributed by atoms with van der Waals surface area (Å²) in [5, 5.41) is 7.49. The van der Waals surface area contributed by atoms with Crippen molar-refractivity contribution in [3.63, 3.8) is 0 Å². The Bertz CT molecular complexity index is 996. The number of carbonyl (C=O) groups excluding carboxylic acids is 3. The molecule has 8 heteroatoms. The zero-order valence-electron chi connectivity index (χ0n) is 15.9. The minimum absolute atomic E-state index is 0.0245.